The Kier molecular flexibility index (Phi) is 8.53. The molecule has 1 aromatic heterocycles. The van der Waals surface area contributed by atoms with Crippen molar-refractivity contribution in [1.82, 2.24) is 14.9 Å². The lowest BCUT2D eigenvalue weighted by atomic mass is 10.1. The molecule has 37 heavy (non-hydrogen) atoms. The molecule has 2 aromatic carbocycles. The van der Waals surface area contributed by atoms with E-state index in [4.69, 9.17) is 11.6 Å². The van der Waals surface area contributed by atoms with Gasteiger partial charge in [0.25, 0.3) is 5.91 Å². The van der Waals surface area contributed by atoms with Crippen molar-refractivity contribution in [3.8, 4) is 5.75 Å². The van der Waals surface area contributed by atoms with E-state index < -0.39 is 35.8 Å². The molecule has 0 spiro atoms. The van der Waals surface area contributed by atoms with E-state index in [-0.39, 0.29) is 36.3 Å². The van der Waals surface area contributed by atoms with Gasteiger partial charge in [0.1, 0.15) is 5.75 Å². The molecule has 3 rings (SSSR count). The first-order valence-electron chi connectivity index (χ1n) is 10.4. The number of ether oxygens (including phenoxy) is 1. The SMILES string of the molecule is O=C(Nc1ccc(OC(F)(F)F)cc1)Nc1cn(Cc2ccc(C(F)(F)F)cc2)c(C(=O)NCCCl)n1. The number of nitrogens with one attached hydrogen (secondary N) is 3. The number of amides is 3. The molecular formula is C22H18ClF6N5O3. The van der Waals surface area contributed by atoms with E-state index in [1.807, 2.05) is 0 Å². The quantitative estimate of drug-likeness (QED) is 0.257. The molecule has 1 heterocycles. The van der Waals surface area contributed by atoms with Gasteiger partial charge in [0.2, 0.25) is 5.82 Å². The molecule has 198 valence electrons. The lowest BCUT2D eigenvalue weighted by Gasteiger charge is -2.10. The number of alkyl halides is 7. The van der Waals surface area contributed by atoms with Crippen LogP contribution in [0.4, 0.5) is 42.6 Å². The Hall–Kier alpha value is -3.94. The predicted octanol–water partition coefficient (Wildman–Crippen LogP) is 5.46. The van der Waals surface area contributed by atoms with Crippen molar-refractivity contribution in [2.75, 3.05) is 23.1 Å². The van der Waals surface area contributed by atoms with Gasteiger partial charge in [-0.25, -0.2) is 9.78 Å². The van der Waals surface area contributed by atoms with Crippen LogP contribution in [0, 0.1) is 0 Å². The summed E-state index contributed by atoms with van der Waals surface area (Å²) in [4.78, 5) is 28.9. The molecule has 0 aliphatic rings. The Bertz CT molecular complexity index is 1230. The smallest absolute Gasteiger partial charge is 0.406 e. The van der Waals surface area contributed by atoms with Crippen LogP contribution in [0.25, 0.3) is 0 Å². The molecule has 0 fully saturated rings. The Labute approximate surface area is 210 Å². The highest BCUT2D eigenvalue weighted by Gasteiger charge is 2.31. The monoisotopic (exact) mass is 549 g/mol. The summed E-state index contributed by atoms with van der Waals surface area (Å²) in [6.45, 7) is 0.0730. The molecule has 0 aliphatic heterocycles. The molecular weight excluding hydrogens is 532 g/mol. The van der Waals surface area contributed by atoms with E-state index in [1.54, 1.807) is 0 Å². The van der Waals surface area contributed by atoms with Crippen LogP contribution in [0.3, 0.4) is 0 Å². The first-order valence-corrected chi connectivity index (χ1v) is 10.9. The maximum absolute atomic E-state index is 12.8. The number of hydrogen-bond acceptors (Lipinski definition) is 4. The molecule has 15 heteroatoms. The van der Waals surface area contributed by atoms with Crippen LogP contribution in [0.5, 0.6) is 5.75 Å². The van der Waals surface area contributed by atoms with Crippen LogP contribution in [0.15, 0.2) is 54.7 Å². The van der Waals surface area contributed by atoms with Crippen molar-refractivity contribution in [3.63, 3.8) is 0 Å². The Morgan fingerprint density at radius 1 is 0.946 bits per heavy atom. The van der Waals surface area contributed by atoms with Crippen LogP contribution in [0.1, 0.15) is 21.7 Å². The summed E-state index contributed by atoms with van der Waals surface area (Å²) >= 11 is 5.58. The van der Waals surface area contributed by atoms with E-state index in [9.17, 15) is 35.9 Å². The number of hydrogen-bond donors (Lipinski definition) is 3. The Balaban J connectivity index is 1.73. The lowest BCUT2D eigenvalue weighted by molar-refractivity contribution is -0.274. The number of anilines is 2. The third-order valence-corrected chi connectivity index (χ3v) is 4.77. The summed E-state index contributed by atoms with van der Waals surface area (Å²) in [5, 5.41) is 7.27. The predicted molar refractivity (Wildman–Crippen MR) is 122 cm³/mol. The Morgan fingerprint density at radius 3 is 2.16 bits per heavy atom. The van der Waals surface area contributed by atoms with Crippen molar-refractivity contribution in [1.29, 1.82) is 0 Å². The summed E-state index contributed by atoms with van der Waals surface area (Å²) in [6.07, 6.45) is -8.07. The minimum atomic E-state index is -4.86. The van der Waals surface area contributed by atoms with Gasteiger partial charge in [0, 0.05) is 30.9 Å². The number of carbonyl (C=O) groups excluding carboxylic acids is 2. The average molecular weight is 550 g/mol. The summed E-state index contributed by atoms with van der Waals surface area (Å²) in [5.74, 6) is -1.22. The van der Waals surface area contributed by atoms with E-state index in [1.165, 1.54) is 35.0 Å². The molecule has 0 aliphatic carbocycles. The van der Waals surface area contributed by atoms with Crippen molar-refractivity contribution >= 4 is 35.0 Å². The van der Waals surface area contributed by atoms with E-state index in [2.05, 4.69) is 25.7 Å². The normalized spacial score (nSPS) is 11.6. The van der Waals surface area contributed by atoms with Gasteiger partial charge in [0.15, 0.2) is 5.82 Å². The molecule has 0 saturated heterocycles. The highest BCUT2D eigenvalue weighted by molar-refractivity contribution is 6.18. The van der Waals surface area contributed by atoms with Gasteiger partial charge in [0.05, 0.1) is 5.56 Å². The maximum atomic E-state index is 12.8. The highest BCUT2D eigenvalue weighted by atomic mass is 35.5. The summed E-state index contributed by atoms with van der Waals surface area (Å²) < 4.78 is 80.3. The summed E-state index contributed by atoms with van der Waals surface area (Å²) in [5.41, 5.74) is -0.274. The van der Waals surface area contributed by atoms with Gasteiger partial charge in [-0.2, -0.15) is 13.2 Å². The van der Waals surface area contributed by atoms with Crippen LogP contribution in [0.2, 0.25) is 0 Å². The van der Waals surface area contributed by atoms with Crippen LogP contribution >= 0.6 is 11.6 Å². The van der Waals surface area contributed by atoms with Gasteiger partial charge in [-0.3, -0.25) is 10.1 Å². The fraction of sp³-hybridized carbons (Fsp3) is 0.227. The van der Waals surface area contributed by atoms with E-state index in [0.717, 1.165) is 24.3 Å². The van der Waals surface area contributed by atoms with Gasteiger partial charge in [-0.05, 0) is 42.0 Å². The second-order valence-corrected chi connectivity index (χ2v) is 7.75. The molecule has 3 N–H and O–H groups in total. The first kappa shape index (κ1) is 27.6. The molecule has 8 nitrogen and oxygen atoms in total. The molecule has 0 saturated carbocycles. The molecule has 0 atom stereocenters. The zero-order chi connectivity index (χ0) is 27.2. The number of nitrogens with zero attached hydrogens (tertiary/aromatic N) is 2. The summed E-state index contributed by atoms with van der Waals surface area (Å²) in [7, 11) is 0. The third kappa shape index (κ3) is 8.31. The van der Waals surface area contributed by atoms with Gasteiger partial charge in [-0.1, -0.05) is 12.1 Å². The summed E-state index contributed by atoms with van der Waals surface area (Å²) in [6, 6.07) is 7.82. The maximum Gasteiger partial charge on any atom is 0.573 e. The van der Waals surface area contributed by atoms with Crippen molar-refractivity contribution < 1.29 is 40.7 Å². The van der Waals surface area contributed by atoms with Crippen molar-refractivity contribution in [2.24, 2.45) is 0 Å². The number of halogens is 7. The van der Waals surface area contributed by atoms with Crippen LogP contribution in [-0.2, 0) is 12.7 Å². The standard InChI is InChI=1S/C22H18ClF6N5O3/c23-9-10-30-19(35)18-32-17(12-34(18)11-13-1-3-14(4-2-13)21(24,25)26)33-20(36)31-15-5-7-16(8-6-15)37-22(27,28)29/h1-8,12H,9-11H2,(H,30,35)(H2,31,33,36). The third-order valence-electron chi connectivity index (χ3n) is 4.58. The molecule has 3 aromatic rings. The molecule has 0 unspecified atom stereocenters. The van der Waals surface area contributed by atoms with Crippen LogP contribution in [-0.4, -0.2) is 40.3 Å². The van der Waals surface area contributed by atoms with Crippen molar-refractivity contribution in [2.45, 2.75) is 19.1 Å². The second kappa shape index (κ2) is 11.4. The number of rotatable bonds is 8. The lowest BCUT2D eigenvalue weighted by Crippen LogP contribution is -2.28. The first-order chi connectivity index (χ1) is 17.3. The van der Waals surface area contributed by atoms with Gasteiger partial charge < -0.3 is 19.9 Å². The van der Waals surface area contributed by atoms with E-state index >= 15 is 0 Å². The van der Waals surface area contributed by atoms with Gasteiger partial charge in [-0.15, -0.1) is 24.8 Å². The van der Waals surface area contributed by atoms with Crippen molar-refractivity contribution in [3.05, 3.63) is 71.7 Å². The zero-order valence-corrected chi connectivity index (χ0v) is 19.3. The minimum absolute atomic E-state index is 0.0429. The second-order valence-electron chi connectivity index (χ2n) is 7.37. The largest absolute Gasteiger partial charge is 0.573 e. The zero-order valence-electron chi connectivity index (χ0n) is 18.6. The number of benzene rings is 2. The van der Waals surface area contributed by atoms with Gasteiger partial charge >= 0.3 is 18.6 Å². The minimum Gasteiger partial charge on any atom is -0.406 e. The molecule has 0 bridgehead atoms. The fourth-order valence-electron chi connectivity index (χ4n) is 3.03. The average Bonchev–Trinajstić information content (AvgIpc) is 3.19. The highest BCUT2D eigenvalue weighted by Crippen LogP contribution is 2.29. The van der Waals surface area contributed by atoms with Crippen LogP contribution < -0.4 is 20.7 Å². The number of imidazole rings is 1. The molecule has 0 radical (unpaired) electrons. The number of carbonyl (C=O) groups is 2. The number of aromatic nitrogens is 2. The Morgan fingerprint density at radius 2 is 1.59 bits per heavy atom. The van der Waals surface area contributed by atoms with E-state index in [0.29, 0.717) is 5.56 Å². The topological polar surface area (TPSA) is 97.3 Å². The number of urea groups is 1. The fourth-order valence-corrected chi connectivity index (χ4v) is 3.13. The molecule has 3 amide bonds.